The van der Waals surface area contributed by atoms with Gasteiger partial charge >= 0.3 is 17.9 Å². The molecule has 318 valence electrons. The number of aromatic amines is 1. The molecule has 1 aromatic carbocycles. The topological polar surface area (TPSA) is 383 Å². The van der Waals surface area contributed by atoms with Gasteiger partial charge in [0.2, 0.25) is 5.95 Å². The van der Waals surface area contributed by atoms with Crippen molar-refractivity contribution in [3.8, 4) is 0 Å². The molecule has 2 aliphatic heterocycles. The fourth-order valence-electron chi connectivity index (χ4n) is 6.52. The summed E-state index contributed by atoms with van der Waals surface area (Å²) >= 11 is 0. The van der Waals surface area contributed by atoms with Crippen molar-refractivity contribution in [3.05, 3.63) is 52.8 Å². The number of nitrogens with two attached hydrogens (primary N) is 3. The first kappa shape index (κ1) is 42.3. The van der Waals surface area contributed by atoms with E-state index in [9.17, 15) is 44.4 Å². The fraction of sp³-hybridized carbons (Fsp3) is 0.441. The van der Waals surface area contributed by atoms with Crippen molar-refractivity contribution >= 4 is 74.2 Å². The summed E-state index contributed by atoms with van der Waals surface area (Å²) in [6, 6.07) is 3.22. The van der Waals surface area contributed by atoms with E-state index >= 15 is 0 Å². The first-order valence-electron chi connectivity index (χ1n) is 18.2. The number of carbonyl (C=O) groups is 4. The Morgan fingerprint density at radius 1 is 1.07 bits per heavy atom. The number of aliphatic carboxylic acids is 2. The molecule has 8 atom stereocenters. The highest BCUT2D eigenvalue weighted by Gasteiger charge is 2.47. The number of carboxylic acid groups (broad SMARTS) is 2. The first-order chi connectivity index (χ1) is 28.0. The third kappa shape index (κ3) is 9.89. The number of amides is 1. The van der Waals surface area contributed by atoms with Crippen molar-refractivity contribution in [2.24, 2.45) is 5.73 Å². The van der Waals surface area contributed by atoms with Crippen LogP contribution in [0.4, 0.5) is 29.0 Å². The number of benzene rings is 1. The number of nitrogen functional groups attached to an aromatic ring is 2. The second-order valence-corrected chi connectivity index (χ2v) is 17.4. The molecule has 2 aliphatic rings. The number of H-pyrrole nitrogens is 1. The fourth-order valence-corrected chi connectivity index (χ4v) is 9.09. The molecule has 1 amide bonds. The minimum Gasteiger partial charge on any atom is -0.480 e. The van der Waals surface area contributed by atoms with E-state index in [0.29, 0.717) is 24.6 Å². The Morgan fingerprint density at radius 2 is 1.81 bits per heavy atom. The van der Waals surface area contributed by atoms with E-state index in [4.69, 9.17) is 26.1 Å². The van der Waals surface area contributed by atoms with Gasteiger partial charge in [-0.3, -0.25) is 28.7 Å². The van der Waals surface area contributed by atoms with Crippen LogP contribution in [0.3, 0.4) is 0 Å². The van der Waals surface area contributed by atoms with Crippen LogP contribution in [0.2, 0.25) is 0 Å². The Kier molecular flexibility index (Phi) is 12.7. The smallest absolute Gasteiger partial charge is 0.326 e. The van der Waals surface area contributed by atoms with E-state index in [1.165, 1.54) is 29.4 Å². The molecule has 6 rings (SSSR count). The number of aromatic nitrogens is 6. The number of rotatable bonds is 17. The van der Waals surface area contributed by atoms with E-state index in [-0.39, 0.29) is 64.6 Å². The second kappa shape index (κ2) is 17.7. The third-order valence-corrected chi connectivity index (χ3v) is 12.5. The maximum atomic E-state index is 13.3. The number of fused-ring (bicyclic) bond motifs is 2. The second-order valence-electron chi connectivity index (χ2n) is 14.1. The van der Waals surface area contributed by atoms with Crippen molar-refractivity contribution in [1.82, 2.24) is 34.8 Å². The zero-order valence-corrected chi connectivity index (χ0v) is 32.3. The molecule has 1 saturated heterocycles. The van der Waals surface area contributed by atoms with Crippen LogP contribution in [0.1, 0.15) is 35.8 Å². The number of ether oxygens (including phenoxy) is 1. The van der Waals surface area contributed by atoms with E-state index in [1.807, 2.05) is 0 Å². The number of aliphatic hydroxyl groups excluding tert-OH is 2. The average Bonchev–Trinajstić information content (AvgIpc) is 3.74. The molecular formula is C34H45N13O11S. The molecule has 15 N–H and O–H groups in total. The van der Waals surface area contributed by atoms with Crippen LogP contribution in [0.15, 0.2) is 41.7 Å². The summed E-state index contributed by atoms with van der Waals surface area (Å²) < 4.78 is 13.3. The number of aliphatic hydroxyl groups is 2. The minimum atomic E-state index is -2.65. The number of nitrogens with zero attached hydrogens (tertiary/aromatic N) is 5. The zero-order valence-electron chi connectivity index (χ0n) is 31.5. The van der Waals surface area contributed by atoms with Gasteiger partial charge in [0.25, 0.3) is 11.5 Å². The molecule has 24 nitrogen and oxygen atoms in total. The normalized spacial score (nSPS) is 22.4. The summed E-state index contributed by atoms with van der Waals surface area (Å²) in [7, 11) is -2.65. The van der Waals surface area contributed by atoms with Gasteiger partial charge in [-0.05, 0) is 43.4 Å². The predicted octanol–water partition coefficient (Wildman–Crippen LogP) is -1.63. The Bertz CT molecular complexity index is 2260. The Labute approximate surface area is 335 Å². The minimum absolute atomic E-state index is 0.00659. The van der Waals surface area contributed by atoms with Crippen LogP contribution in [-0.4, -0.2) is 141 Å². The maximum absolute atomic E-state index is 13.3. The molecule has 0 spiro atoms. The van der Waals surface area contributed by atoms with Crippen LogP contribution in [0.5, 0.6) is 0 Å². The molecule has 0 aliphatic carbocycles. The molecule has 0 radical (unpaired) electrons. The number of nitrogens with one attached hydrogen (secondary N) is 5. The average molecular weight is 844 g/mol. The highest BCUT2D eigenvalue weighted by molar-refractivity contribution is 8.29. The summed E-state index contributed by atoms with van der Waals surface area (Å²) in [5.74, 6) is -4.00. The first-order valence-corrected chi connectivity index (χ1v) is 20.5. The van der Waals surface area contributed by atoms with Crippen molar-refractivity contribution in [2.45, 2.75) is 61.9 Å². The van der Waals surface area contributed by atoms with Gasteiger partial charge in [-0.1, -0.05) is 10.3 Å². The number of hydrogen-bond donors (Lipinski definition) is 12. The van der Waals surface area contributed by atoms with Crippen molar-refractivity contribution in [3.63, 3.8) is 0 Å². The number of hydrogen-bond acceptors (Lipinski definition) is 19. The van der Waals surface area contributed by atoms with Crippen molar-refractivity contribution in [2.75, 3.05) is 58.3 Å². The van der Waals surface area contributed by atoms with Gasteiger partial charge in [-0.25, -0.2) is 19.7 Å². The number of carboxylic acids is 2. The van der Waals surface area contributed by atoms with Gasteiger partial charge in [-0.2, -0.15) is 4.98 Å². The van der Waals surface area contributed by atoms with Crippen LogP contribution < -0.4 is 44.0 Å². The molecular weight excluding hydrogens is 799 g/mol. The number of carbonyl (C=O) groups excluding carboxylic acids is 2. The largest absolute Gasteiger partial charge is 0.480 e. The molecule has 3 aromatic heterocycles. The summed E-state index contributed by atoms with van der Waals surface area (Å²) in [4.78, 5) is 80.9. The van der Waals surface area contributed by atoms with Gasteiger partial charge in [0.15, 0.2) is 23.5 Å². The molecule has 25 heteroatoms. The van der Waals surface area contributed by atoms with E-state index < -0.39 is 82.7 Å². The zero-order chi connectivity index (χ0) is 42.6. The maximum Gasteiger partial charge on any atom is 0.326 e. The lowest BCUT2D eigenvalue weighted by Gasteiger charge is -2.38. The highest BCUT2D eigenvalue weighted by atomic mass is 32.3. The Morgan fingerprint density at radius 3 is 2.53 bits per heavy atom. The van der Waals surface area contributed by atoms with Crippen LogP contribution >= 0.6 is 10.3 Å². The van der Waals surface area contributed by atoms with E-state index in [1.54, 1.807) is 18.4 Å². The lowest BCUT2D eigenvalue weighted by molar-refractivity contribution is -0.140. The van der Waals surface area contributed by atoms with Crippen LogP contribution in [0, 0.1) is 0 Å². The SMILES string of the molecule is CS(CC[C@@H](N)C(=O)O)(C[C@H]1O[C@@H](n2cnc3c(N)ncnc32)[C@H](O)[C@@H]1O)OC(=O)CC[C@H](NC(=O)c1ccc(NCC2CNc3nc(N)[nH]c(=O)c3N2)cc1)C(=O)O. The molecule has 1 fully saturated rings. The summed E-state index contributed by atoms with van der Waals surface area (Å²) in [5.41, 5.74) is 18.3. The standard InChI is InChI=1S/C34H45N13O11S/c1-59(9-8-18(35)32(53)54,12-20-24(49)25(50)31(57-20)47-14-42-22-26(36)40-13-41-28(22)47)58-21(48)7-6-19(33(55)56)44-29(51)15-2-4-16(5-3-15)38-10-17-11-39-27-23(43-17)30(52)46-34(37)45-27/h2-5,13-14,17-20,24-25,31,38,43,49-50H,6-12,35H2,1H3,(H,44,51)(H,53,54)(H,55,56)(H2,36,40,41)(H4,37,39,45,46,52)/t17?,18-,19+,20-,24-,25-,31-/m1/s1. The molecule has 0 saturated carbocycles. The number of anilines is 5. The van der Waals surface area contributed by atoms with Crippen molar-refractivity contribution < 1.29 is 48.5 Å². The van der Waals surface area contributed by atoms with Crippen LogP contribution in [-0.2, 0) is 23.3 Å². The summed E-state index contributed by atoms with van der Waals surface area (Å²) in [6.45, 7) is 0.831. The molecule has 2 unspecified atom stereocenters. The number of imidazole rings is 1. The lowest BCUT2D eigenvalue weighted by atomic mass is 10.1. The van der Waals surface area contributed by atoms with E-state index in [2.05, 4.69) is 46.2 Å². The van der Waals surface area contributed by atoms with Crippen LogP contribution in [0.25, 0.3) is 11.2 Å². The van der Waals surface area contributed by atoms with Gasteiger partial charge in [-0.15, -0.1) is 0 Å². The third-order valence-electron chi connectivity index (χ3n) is 9.73. The molecule has 4 aromatic rings. The van der Waals surface area contributed by atoms with E-state index in [0.717, 1.165) is 0 Å². The summed E-state index contributed by atoms with van der Waals surface area (Å²) in [6.07, 6.45) is -2.12. The van der Waals surface area contributed by atoms with Crippen molar-refractivity contribution in [1.29, 1.82) is 0 Å². The Balaban J connectivity index is 1.04. The predicted molar refractivity (Wildman–Crippen MR) is 213 cm³/mol. The van der Waals surface area contributed by atoms with Gasteiger partial charge in [0.05, 0.1) is 18.5 Å². The highest BCUT2D eigenvalue weighted by Crippen LogP contribution is 2.50. The molecule has 59 heavy (non-hydrogen) atoms. The lowest BCUT2D eigenvalue weighted by Crippen LogP contribution is -2.41. The summed E-state index contributed by atoms with van der Waals surface area (Å²) in [5, 5.41) is 53.1. The quantitative estimate of drug-likeness (QED) is 0.0567. The van der Waals surface area contributed by atoms with Gasteiger partial charge in [0, 0.05) is 42.3 Å². The molecule has 5 heterocycles. The van der Waals surface area contributed by atoms with Gasteiger partial charge in [0.1, 0.15) is 41.8 Å². The van der Waals surface area contributed by atoms with Gasteiger partial charge < -0.3 is 67.8 Å². The monoisotopic (exact) mass is 843 g/mol. The molecule has 0 bridgehead atoms. The Hall–Kier alpha value is -6.28.